The fourth-order valence-corrected chi connectivity index (χ4v) is 1.66. The SMILES string of the molecule is COC(=O)c1ccccc1Cn1cccnc1=O. The summed E-state index contributed by atoms with van der Waals surface area (Å²) in [4.78, 5) is 26.8. The van der Waals surface area contributed by atoms with Crippen LogP contribution < -0.4 is 5.69 Å². The van der Waals surface area contributed by atoms with Crippen LogP contribution in [0.4, 0.5) is 0 Å². The lowest BCUT2D eigenvalue weighted by Gasteiger charge is -2.08. The van der Waals surface area contributed by atoms with Gasteiger partial charge < -0.3 is 4.74 Å². The summed E-state index contributed by atoms with van der Waals surface area (Å²) in [5.41, 5.74) is 0.826. The Kier molecular flexibility index (Phi) is 3.52. The predicted octanol–water partition coefficient (Wildman–Crippen LogP) is 1.08. The third-order valence-corrected chi connectivity index (χ3v) is 2.55. The molecule has 0 radical (unpaired) electrons. The first kappa shape index (κ1) is 12.0. The topological polar surface area (TPSA) is 61.2 Å². The van der Waals surface area contributed by atoms with Gasteiger partial charge in [0.05, 0.1) is 19.2 Å². The van der Waals surface area contributed by atoms with Gasteiger partial charge >= 0.3 is 11.7 Å². The molecule has 0 spiro atoms. The molecule has 0 aliphatic rings. The molecule has 0 saturated heterocycles. The number of methoxy groups -OCH3 is 1. The van der Waals surface area contributed by atoms with Gasteiger partial charge in [0, 0.05) is 12.4 Å². The maximum absolute atomic E-state index is 11.6. The average Bonchev–Trinajstić information content (AvgIpc) is 2.41. The molecule has 0 atom stereocenters. The van der Waals surface area contributed by atoms with E-state index in [9.17, 15) is 9.59 Å². The number of hydrogen-bond acceptors (Lipinski definition) is 4. The Morgan fingerprint density at radius 1 is 1.33 bits per heavy atom. The first-order valence-electron chi connectivity index (χ1n) is 5.40. The van der Waals surface area contributed by atoms with Gasteiger partial charge in [-0.15, -0.1) is 0 Å². The Morgan fingerprint density at radius 2 is 2.11 bits per heavy atom. The van der Waals surface area contributed by atoms with E-state index < -0.39 is 5.97 Å². The van der Waals surface area contributed by atoms with Crippen molar-refractivity contribution in [2.45, 2.75) is 6.54 Å². The number of hydrogen-bond donors (Lipinski definition) is 0. The van der Waals surface area contributed by atoms with E-state index >= 15 is 0 Å². The Balaban J connectivity index is 2.38. The van der Waals surface area contributed by atoms with Crippen LogP contribution in [-0.2, 0) is 11.3 Å². The molecule has 2 aromatic rings. The van der Waals surface area contributed by atoms with Gasteiger partial charge in [0.15, 0.2) is 0 Å². The molecule has 1 heterocycles. The molecule has 5 heteroatoms. The lowest BCUT2D eigenvalue weighted by Crippen LogP contribution is -2.23. The van der Waals surface area contributed by atoms with Gasteiger partial charge in [-0.1, -0.05) is 18.2 Å². The highest BCUT2D eigenvalue weighted by atomic mass is 16.5. The fraction of sp³-hybridized carbons (Fsp3) is 0.154. The molecule has 0 N–H and O–H groups in total. The van der Waals surface area contributed by atoms with Crippen molar-refractivity contribution >= 4 is 5.97 Å². The molecule has 1 aromatic heterocycles. The smallest absolute Gasteiger partial charge is 0.347 e. The molecule has 2 rings (SSSR count). The van der Waals surface area contributed by atoms with E-state index in [0.717, 1.165) is 5.56 Å². The van der Waals surface area contributed by atoms with Crippen molar-refractivity contribution in [1.29, 1.82) is 0 Å². The van der Waals surface area contributed by atoms with Gasteiger partial charge in [-0.05, 0) is 17.7 Å². The molecule has 5 nitrogen and oxygen atoms in total. The van der Waals surface area contributed by atoms with Gasteiger partial charge in [0.25, 0.3) is 0 Å². The highest BCUT2D eigenvalue weighted by Crippen LogP contribution is 2.10. The highest BCUT2D eigenvalue weighted by molar-refractivity contribution is 5.90. The highest BCUT2D eigenvalue weighted by Gasteiger charge is 2.11. The van der Waals surface area contributed by atoms with E-state index in [1.54, 1.807) is 30.5 Å². The molecule has 0 fully saturated rings. The van der Waals surface area contributed by atoms with Crippen molar-refractivity contribution in [1.82, 2.24) is 9.55 Å². The van der Waals surface area contributed by atoms with Crippen molar-refractivity contribution in [3.05, 3.63) is 64.3 Å². The molecule has 0 aliphatic heterocycles. The third-order valence-electron chi connectivity index (χ3n) is 2.55. The number of esters is 1. The molecular formula is C13H12N2O3. The van der Waals surface area contributed by atoms with E-state index in [1.165, 1.54) is 17.9 Å². The van der Waals surface area contributed by atoms with E-state index in [-0.39, 0.29) is 12.2 Å². The van der Waals surface area contributed by atoms with Crippen LogP contribution in [0.3, 0.4) is 0 Å². The van der Waals surface area contributed by atoms with Gasteiger partial charge in [0.2, 0.25) is 0 Å². The van der Waals surface area contributed by atoms with Crippen molar-refractivity contribution in [2.75, 3.05) is 7.11 Å². The van der Waals surface area contributed by atoms with Crippen LogP contribution in [-0.4, -0.2) is 22.6 Å². The van der Waals surface area contributed by atoms with Crippen molar-refractivity contribution in [3.63, 3.8) is 0 Å². The van der Waals surface area contributed by atoms with Gasteiger partial charge in [-0.3, -0.25) is 4.57 Å². The zero-order valence-corrected chi connectivity index (χ0v) is 9.87. The summed E-state index contributed by atoms with van der Waals surface area (Å²) >= 11 is 0. The minimum absolute atomic E-state index is 0.290. The van der Waals surface area contributed by atoms with Crippen molar-refractivity contribution in [3.8, 4) is 0 Å². The van der Waals surface area contributed by atoms with Crippen LogP contribution in [0.2, 0.25) is 0 Å². The fourth-order valence-electron chi connectivity index (χ4n) is 1.66. The summed E-state index contributed by atoms with van der Waals surface area (Å²) in [6.45, 7) is 0.290. The maximum Gasteiger partial charge on any atom is 0.347 e. The number of carbonyl (C=O) groups excluding carboxylic acids is 1. The largest absolute Gasteiger partial charge is 0.465 e. The van der Waals surface area contributed by atoms with E-state index in [4.69, 9.17) is 4.74 Å². The summed E-state index contributed by atoms with van der Waals surface area (Å²) in [7, 11) is 1.33. The van der Waals surface area contributed by atoms with Crippen LogP contribution in [0.15, 0.2) is 47.5 Å². The normalized spacial score (nSPS) is 10.1. The average molecular weight is 244 g/mol. The van der Waals surface area contributed by atoms with Gasteiger partial charge in [-0.25, -0.2) is 14.6 Å². The van der Waals surface area contributed by atoms with Crippen LogP contribution in [0.1, 0.15) is 15.9 Å². The summed E-state index contributed by atoms with van der Waals surface area (Å²) in [5, 5.41) is 0. The maximum atomic E-state index is 11.6. The summed E-state index contributed by atoms with van der Waals surface area (Å²) in [6.07, 6.45) is 3.06. The first-order valence-corrected chi connectivity index (χ1v) is 5.40. The minimum Gasteiger partial charge on any atom is -0.465 e. The zero-order chi connectivity index (χ0) is 13.0. The van der Waals surface area contributed by atoms with E-state index in [1.807, 2.05) is 6.07 Å². The van der Waals surface area contributed by atoms with Crippen molar-refractivity contribution < 1.29 is 9.53 Å². The Bertz CT molecular complexity index is 619. The molecule has 0 aliphatic carbocycles. The molecule has 1 aromatic carbocycles. The number of benzene rings is 1. The summed E-state index contributed by atoms with van der Waals surface area (Å²) in [6, 6.07) is 8.68. The monoisotopic (exact) mass is 244 g/mol. The van der Waals surface area contributed by atoms with Crippen LogP contribution in [0.5, 0.6) is 0 Å². The van der Waals surface area contributed by atoms with Crippen LogP contribution in [0.25, 0.3) is 0 Å². The van der Waals surface area contributed by atoms with Gasteiger partial charge in [0.1, 0.15) is 0 Å². The second kappa shape index (κ2) is 5.27. The standard InChI is InChI=1S/C13H12N2O3/c1-18-12(16)11-6-3-2-5-10(11)9-15-8-4-7-14-13(15)17/h2-8H,9H2,1H3. The second-order valence-corrected chi connectivity index (χ2v) is 3.68. The lowest BCUT2D eigenvalue weighted by molar-refractivity contribution is 0.0599. The number of aromatic nitrogens is 2. The summed E-state index contributed by atoms with van der Waals surface area (Å²) < 4.78 is 6.14. The molecule has 0 unspecified atom stereocenters. The first-order chi connectivity index (χ1) is 8.72. The van der Waals surface area contributed by atoms with Crippen molar-refractivity contribution in [2.24, 2.45) is 0 Å². The Hall–Kier alpha value is -2.43. The number of carbonyl (C=O) groups is 1. The number of ether oxygens (including phenoxy) is 1. The van der Waals surface area contributed by atoms with Crippen LogP contribution >= 0.6 is 0 Å². The van der Waals surface area contributed by atoms with Crippen LogP contribution in [0, 0.1) is 0 Å². The number of rotatable bonds is 3. The molecule has 92 valence electrons. The minimum atomic E-state index is -0.414. The molecule has 18 heavy (non-hydrogen) atoms. The third kappa shape index (κ3) is 2.45. The molecule has 0 amide bonds. The molecule has 0 saturated carbocycles. The Morgan fingerprint density at radius 3 is 2.83 bits per heavy atom. The van der Waals surface area contributed by atoms with Gasteiger partial charge in [-0.2, -0.15) is 0 Å². The van der Waals surface area contributed by atoms with E-state index in [0.29, 0.717) is 5.56 Å². The lowest BCUT2D eigenvalue weighted by atomic mass is 10.1. The molecular weight excluding hydrogens is 232 g/mol. The zero-order valence-electron chi connectivity index (χ0n) is 9.87. The Labute approximate surface area is 104 Å². The predicted molar refractivity (Wildman–Crippen MR) is 65.4 cm³/mol. The summed E-state index contributed by atoms with van der Waals surface area (Å²) in [5.74, 6) is -0.414. The molecule has 0 bridgehead atoms. The quantitative estimate of drug-likeness (QED) is 0.758. The number of nitrogens with zero attached hydrogens (tertiary/aromatic N) is 2. The van der Waals surface area contributed by atoms with E-state index in [2.05, 4.69) is 4.98 Å². The second-order valence-electron chi connectivity index (χ2n) is 3.68.